The zero-order valence-corrected chi connectivity index (χ0v) is 13.1. The van der Waals surface area contributed by atoms with E-state index in [2.05, 4.69) is 30.4 Å². The number of nitrogens with one attached hydrogen (secondary N) is 1. The predicted octanol–water partition coefficient (Wildman–Crippen LogP) is 5.05. The Morgan fingerprint density at radius 3 is 2.80 bits per heavy atom. The zero-order chi connectivity index (χ0) is 14.5. The van der Waals surface area contributed by atoms with Crippen LogP contribution < -0.4 is 5.32 Å². The van der Waals surface area contributed by atoms with Gasteiger partial charge in [0.25, 0.3) is 0 Å². The number of benzene rings is 2. The molecule has 1 atom stereocenters. The molecule has 0 amide bonds. The van der Waals surface area contributed by atoms with Crippen molar-refractivity contribution in [2.24, 2.45) is 0 Å². The molecule has 20 heavy (non-hydrogen) atoms. The Bertz CT molecular complexity index is 588. The highest BCUT2D eigenvalue weighted by Crippen LogP contribution is 2.28. The van der Waals surface area contributed by atoms with Gasteiger partial charge in [-0.05, 0) is 55.4 Å². The molecule has 0 bridgehead atoms. The van der Waals surface area contributed by atoms with E-state index in [1.807, 2.05) is 13.1 Å². The third-order valence-electron chi connectivity index (χ3n) is 3.19. The van der Waals surface area contributed by atoms with Crippen molar-refractivity contribution in [3.05, 3.63) is 64.4 Å². The Hall–Kier alpha value is -1.03. The van der Waals surface area contributed by atoms with Crippen LogP contribution in [0.2, 0.25) is 5.02 Å². The molecule has 0 fully saturated rings. The summed E-state index contributed by atoms with van der Waals surface area (Å²) in [6.07, 6.45) is 0. The molecule has 2 aromatic carbocycles. The average Bonchev–Trinajstić information content (AvgIpc) is 2.47. The minimum atomic E-state index is -0.248. The van der Waals surface area contributed by atoms with Crippen molar-refractivity contribution in [2.75, 3.05) is 7.05 Å². The number of hydrogen-bond acceptors (Lipinski definition) is 2. The third kappa shape index (κ3) is 3.98. The molecule has 1 nitrogen and oxygen atoms in total. The Labute approximate surface area is 128 Å². The molecular weight excluding hydrogens is 293 g/mol. The van der Waals surface area contributed by atoms with E-state index in [-0.39, 0.29) is 5.82 Å². The van der Waals surface area contributed by atoms with Gasteiger partial charge in [-0.1, -0.05) is 23.7 Å². The highest BCUT2D eigenvalue weighted by molar-refractivity contribution is 7.98. The SMILES string of the molecule is CNC(C)c1cccc(SCc2cc(F)ccc2Cl)c1. The minimum Gasteiger partial charge on any atom is -0.313 e. The van der Waals surface area contributed by atoms with Crippen molar-refractivity contribution in [1.82, 2.24) is 5.32 Å². The van der Waals surface area contributed by atoms with Gasteiger partial charge in [-0.25, -0.2) is 4.39 Å². The van der Waals surface area contributed by atoms with Crippen molar-refractivity contribution in [3.8, 4) is 0 Å². The van der Waals surface area contributed by atoms with E-state index in [1.54, 1.807) is 17.8 Å². The van der Waals surface area contributed by atoms with Crippen LogP contribution in [0.3, 0.4) is 0 Å². The molecule has 0 aromatic heterocycles. The fourth-order valence-corrected chi connectivity index (χ4v) is 3.07. The van der Waals surface area contributed by atoms with E-state index >= 15 is 0 Å². The van der Waals surface area contributed by atoms with Gasteiger partial charge in [-0.2, -0.15) is 0 Å². The molecule has 1 N–H and O–H groups in total. The summed E-state index contributed by atoms with van der Waals surface area (Å²) in [5, 5.41) is 3.83. The summed E-state index contributed by atoms with van der Waals surface area (Å²) in [5.41, 5.74) is 2.06. The molecule has 0 saturated heterocycles. The van der Waals surface area contributed by atoms with Crippen LogP contribution in [0.5, 0.6) is 0 Å². The first-order chi connectivity index (χ1) is 9.60. The van der Waals surface area contributed by atoms with E-state index in [0.29, 0.717) is 16.8 Å². The number of halogens is 2. The summed E-state index contributed by atoms with van der Waals surface area (Å²) in [4.78, 5) is 1.16. The van der Waals surface area contributed by atoms with Gasteiger partial charge in [-0.15, -0.1) is 11.8 Å². The van der Waals surface area contributed by atoms with Gasteiger partial charge in [-0.3, -0.25) is 0 Å². The van der Waals surface area contributed by atoms with E-state index in [0.717, 1.165) is 10.5 Å². The van der Waals surface area contributed by atoms with Gasteiger partial charge in [0.15, 0.2) is 0 Å². The van der Waals surface area contributed by atoms with Crippen LogP contribution in [0.1, 0.15) is 24.1 Å². The maximum atomic E-state index is 13.2. The summed E-state index contributed by atoms with van der Waals surface area (Å²) in [6, 6.07) is 13.1. The molecule has 0 heterocycles. The van der Waals surface area contributed by atoms with Gasteiger partial charge in [0.1, 0.15) is 5.82 Å². The molecule has 0 aliphatic rings. The van der Waals surface area contributed by atoms with Gasteiger partial charge in [0.05, 0.1) is 0 Å². The lowest BCUT2D eigenvalue weighted by Crippen LogP contribution is -2.11. The fourth-order valence-electron chi connectivity index (χ4n) is 1.86. The molecule has 1 unspecified atom stereocenters. The van der Waals surface area contributed by atoms with Gasteiger partial charge >= 0.3 is 0 Å². The molecule has 0 aliphatic carbocycles. The molecular formula is C16H17ClFNS. The number of hydrogen-bond donors (Lipinski definition) is 1. The summed E-state index contributed by atoms with van der Waals surface area (Å²) in [6.45, 7) is 2.12. The molecule has 0 saturated carbocycles. The lowest BCUT2D eigenvalue weighted by molar-refractivity contribution is 0.626. The topological polar surface area (TPSA) is 12.0 Å². The molecule has 0 spiro atoms. The first kappa shape index (κ1) is 15.4. The fraction of sp³-hybridized carbons (Fsp3) is 0.250. The highest BCUT2D eigenvalue weighted by atomic mass is 35.5. The molecule has 2 rings (SSSR count). The van der Waals surface area contributed by atoms with Crippen LogP contribution in [0.4, 0.5) is 4.39 Å². The van der Waals surface area contributed by atoms with Crippen LogP contribution in [-0.2, 0) is 5.75 Å². The maximum Gasteiger partial charge on any atom is 0.123 e. The smallest absolute Gasteiger partial charge is 0.123 e. The monoisotopic (exact) mass is 309 g/mol. The standard InChI is InChI=1S/C16H17ClFNS/c1-11(19-2)12-4-3-5-15(9-12)20-10-13-8-14(18)6-7-16(13)17/h3-9,11,19H,10H2,1-2H3. The Morgan fingerprint density at radius 2 is 2.05 bits per heavy atom. The van der Waals surface area contributed by atoms with E-state index in [9.17, 15) is 4.39 Å². The first-order valence-corrected chi connectivity index (χ1v) is 7.80. The van der Waals surface area contributed by atoms with Crippen molar-refractivity contribution in [1.29, 1.82) is 0 Å². The molecule has 106 valence electrons. The summed E-state index contributed by atoms with van der Waals surface area (Å²) in [7, 11) is 1.94. The molecule has 4 heteroatoms. The lowest BCUT2D eigenvalue weighted by Gasteiger charge is -2.12. The highest BCUT2D eigenvalue weighted by Gasteiger charge is 2.06. The van der Waals surface area contributed by atoms with Crippen LogP contribution in [0.25, 0.3) is 0 Å². The largest absolute Gasteiger partial charge is 0.313 e. The van der Waals surface area contributed by atoms with Gasteiger partial charge < -0.3 is 5.32 Å². The number of rotatable bonds is 5. The van der Waals surface area contributed by atoms with Crippen LogP contribution in [0, 0.1) is 5.82 Å². The van der Waals surface area contributed by atoms with E-state index < -0.39 is 0 Å². The van der Waals surface area contributed by atoms with Crippen molar-refractivity contribution >= 4 is 23.4 Å². The minimum absolute atomic E-state index is 0.248. The van der Waals surface area contributed by atoms with Gasteiger partial charge in [0.2, 0.25) is 0 Å². The molecule has 2 aromatic rings. The summed E-state index contributed by atoms with van der Waals surface area (Å²) < 4.78 is 13.2. The summed E-state index contributed by atoms with van der Waals surface area (Å²) in [5.74, 6) is 0.413. The predicted molar refractivity (Wildman–Crippen MR) is 84.9 cm³/mol. The Balaban J connectivity index is 2.09. The van der Waals surface area contributed by atoms with Gasteiger partial charge in [0, 0.05) is 21.7 Å². The summed E-state index contributed by atoms with van der Waals surface area (Å²) >= 11 is 7.74. The van der Waals surface area contributed by atoms with Crippen LogP contribution in [-0.4, -0.2) is 7.05 Å². The third-order valence-corrected chi connectivity index (χ3v) is 4.60. The van der Waals surface area contributed by atoms with Crippen molar-refractivity contribution < 1.29 is 4.39 Å². The Kier molecular flexibility index (Phi) is 5.46. The maximum absolute atomic E-state index is 13.2. The molecule has 0 aliphatic heterocycles. The van der Waals surface area contributed by atoms with Crippen molar-refractivity contribution in [3.63, 3.8) is 0 Å². The normalized spacial score (nSPS) is 12.4. The van der Waals surface area contributed by atoms with Crippen LogP contribution >= 0.6 is 23.4 Å². The Morgan fingerprint density at radius 1 is 1.25 bits per heavy atom. The number of thioether (sulfide) groups is 1. The van der Waals surface area contributed by atoms with E-state index in [4.69, 9.17) is 11.6 Å². The molecule has 0 radical (unpaired) electrons. The second-order valence-corrected chi connectivity index (χ2v) is 6.06. The second-order valence-electron chi connectivity index (χ2n) is 4.61. The lowest BCUT2D eigenvalue weighted by atomic mass is 10.1. The second kappa shape index (κ2) is 7.11. The quantitative estimate of drug-likeness (QED) is 0.775. The van der Waals surface area contributed by atoms with Crippen LogP contribution in [0.15, 0.2) is 47.4 Å². The van der Waals surface area contributed by atoms with Crippen molar-refractivity contribution in [2.45, 2.75) is 23.6 Å². The zero-order valence-electron chi connectivity index (χ0n) is 11.5. The van der Waals surface area contributed by atoms with E-state index in [1.165, 1.54) is 17.7 Å². The first-order valence-electron chi connectivity index (χ1n) is 6.44. The average molecular weight is 310 g/mol.